The van der Waals surface area contributed by atoms with Crippen molar-refractivity contribution in [2.45, 2.75) is 51.6 Å². The number of tetrazole rings is 1. The van der Waals surface area contributed by atoms with Crippen LogP contribution >= 0.6 is 0 Å². The number of hydrogen-bond donors (Lipinski definition) is 3. The standard InChI is InChI=1S/C24H27N5O3/c1-4-5-11-18(30)24(25-21(14(2)3)23(31)32)17-13-12-16(15-9-7-6-8-10-15)20(24)19(17)22-26-28-29-27-22/h6-10,12-14,21,25H,4-5,11H2,1-3H3,(H,31,32)(H,26,27,28,29)/t21-,24+/m0/s1. The second-order valence-corrected chi connectivity index (χ2v) is 8.49. The van der Waals surface area contributed by atoms with E-state index in [9.17, 15) is 14.7 Å². The third kappa shape index (κ3) is 3.40. The van der Waals surface area contributed by atoms with Gasteiger partial charge in [0, 0.05) is 17.6 Å². The summed E-state index contributed by atoms with van der Waals surface area (Å²) in [6.07, 6.45) is 5.80. The average molecular weight is 434 g/mol. The number of Topliss-reactive ketones (excluding diaryl/α,β-unsaturated/α-hetero) is 1. The summed E-state index contributed by atoms with van der Waals surface area (Å²) in [5, 5.41) is 27.7. The predicted molar refractivity (Wildman–Crippen MR) is 120 cm³/mol. The lowest BCUT2D eigenvalue weighted by atomic mass is 9.57. The fourth-order valence-corrected chi connectivity index (χ4v) is 4.53. The number of nitrogens with zero attached hydrogens (tertiary/aromatic N) is 3. The lowest BCUT2D eigenvalue weighted by Gasteiger charge is -2.51. The van der Waals surface area contributed by atoms with Gasteiger partial charge in [-0.1, -0.05) is 69.7 Å². The molecule has 0 spiro atoms. The van der Waals surface area contributed by atoms with Crippen molar-refractivity contribution in [3.63, 3.8) is 0 Å². The third-order valence-electron chi connectivity index (χ3n) is 6.12. The van der Waals surface area contributed by atoms with E-state index in [1.807, 2.05) is 63.3 Å². The van der Waals surface area contributed by atoms with Gasteiger partial charge in [-0.2, -0.15) is 5.21 Å². The van der Waals surface area contributed by atoms with Crippen molar-refractivity contribution in [1.29, 1.82) is 0 Å². The van der Waals surface area contributed by atoms with Crippen molar-refractivity contribution in [3.05, 3.63) is 65.0 Å². The number of ketones is 1. The highest BCUT2D eigenvalue weighted by Gasteiger charge is 2.59. The smallest absolute Gasteiger partial charge is 0.321 e. The fourth-order valence-electron chi connectivity index (χ4n) is 4.53. The van der Waals surface area contributed by atoms with E-state index in [0.717, 1.165) is 35.1 Å². The number of carboxylic acid groups (broad SMARTS) is 1. The molecule has 3 N–H and O–H groups in total. The van der Waals surface area contributed by atoms with E-state index in [0.29, 0.717) is 17.8 Å². The van der Waals surface area contributed by atoms with Gasteiger partial charge in [0.1, 0.15) is 11.6 Å². The normalized spacial score (nSPS) is 20.5. The molecule has 0 saturated heterocycles. The minimum absolute atomic E-state index is 0.0405. The molecule has 32 heavy (non-hydrogen) atoms. The monoisotopic (exact) mass is 433 g/mol. The van der Waals surface area contributed by atoms with Crippen LogP contribution in [0.5, 0.6) is 0 Å². The van der Waals surface area contributed by atoms with E-state index < -0.39 is 17.6 Å². The number of aromatic amines is 1. The highest BCUT2D eigenvalue weighted by atomic mass is 16.4. The Kier molecular flexibility index (Phi) is 5.88. The number of carbonyl (C=O) groups excluding carboxylic acids is 1. The molecule has 0 aliphatic heterocycles. The van der Waals surface area contributed by atoms with Crippen molar-refractivity contribution in [2.75, 3.05) is 0 Å². The molecule has 8 heteroatoms. The van der Waals surface area contributed by atoms with Crippen LogP contribution in [-0.2, 0) is 9.59 Å². The summed E-state index contributed by atoms with van der Waals surface area (Å²) in [7, 11) is 0. The summed E-state index contributed by atoms with van der Waals surface area (Å²) >= 11 is 0. The number of rotatable bonds is 10. The molecule has 2 atom stereocenters. The number of H-pyrrole nitrogens is 1. The van der Waals surface area contributed by atoms with Gasteiger partial charge in [0.15, 0.2) is 5.78 Å². The van der Waals surface area contributed by atoms with Gasteiger partial charge in [-0.3, -0.25) is 14.9 Å². The maximum Gasteiger partial charge on any atom is 0.321 e. The van der Waals surface area contributed by atoms with Gasteiger partial charge in [-0.15, -0.1) is 10.2 Å². The Labute approximate surface area is 186 Å². The van der Waals surface area contributed by atoms with Gasteiger partial charge in [0.25, 0.3) is 0 Å². The molecule has 2 aliphatic carbocycles. The van der Waals surface area contributed by atoms with Crippen LogP contribution in [0.1, 0.15) is 51.4 Å². The first-order valence-electron chi connectivity index (χ1n) is 10.9. The lowest BCUT2D eigenvalue weighted by Crippen LogP contribution is -2.66. The summed E-state index contributed by atoms with van der Waals surface area (Å²) < 4.78 is 0. The molecule has 1 aromatic carbocycles. The number of nitrogens with one attached hydrogen (secondary N) is 2. The van der Waals surface area contributed by atoms with Gasteiger partial charge in [-0.25, -0.2) is 0 Å². The van der Waals surface area contributed by atoms with Crippen LogP contribution in [0.15, 0.2) is 53.6 Å². The number of fused-ring (bicyclic) bond motifs is 2. The van der Waals surface area contributed by atoms with E-state index >= 15 is 0 Å². The van der Waals surface area contributed by atoms with E-state index in [-0.39, 0.29) is 11.7 Å². The van der Waals surface area contributed by atoms with Crippen LogP contribution in [0.3, 0.4) is 0 Å². The summed E-state index contributed by atoms with van der Waals surface area (Å²) in [6, 6.07) is 8.85. The topological polar surface area (TPSA) is 121 Å². The van der Waals surface area contributed by atoms with E-state index in [1.54, 1.807) is 0 Å². The van der Waals surface area contributed by atoms with Gasteiger partial charge in [0.2, 0.25) is 5.82 Å². The summed E-state index contributed by atoms with van der Waals surface area (Å²) in [5.41, 5.74) is 2.70. The van der Waals surface area contributed by atoms with Crippen LogP contribution in [0.4, 0.5) is 0 Å². The van der Waals surface area contributed by atoms with E-state index in [1.165, 1.54) is 0 Å². The molecule has 0 saturated carbocycles. The Balaban J connectivity index is 1.92. The minimum atomic E-state index is -1.22. The first-order chi connectivity index (χ1) is 15.4. The molecule has 2 aromatic rings. The Hall–Kier alpha value is -3.39. The largest absolute Gasteiger partial charge is 0.480 e. The second kappa shape index (κ2) is 8.63. The first kappa shape index (κ1) is 21.8. The number of benzene rings is 1. The predicted octanol–water partition coefficient (Wildman–Crippen LogP) is 3.19. The summed E-state index contributed by atoms with van der Waals surface area (Å²) in [6.45, 7) is 5.70. The zero-order valence-electron chi connectivity index (χ0n) is 18.4. The number of unbranched alkanes of at least 4 members (excludes halogenated alkanes) is 1. The molecule has 1 aromatic heterocycles. The number of carboxylic acids is 1. The van der Waals surface area contributed by atoms with Crippen LogP contribution in [-0.4, -0.2) is 49.1 Å². The van der Waals surface area contributed by atoms with Crippen molar-refractivity contribution in [3.8, 4) is 0 Å². The summed E-state index contributed by atoms with van der Waals surface area (Å²) in [4.78, 5) is 25.9. The highest BCUT2D eigenvalue weighted by Crippen LogP contribution is 2.57. The quantitative estimate of drug-likeness (QED) is 0.526. The number of aliphatic carboxylic acids is 1. The maximum absolute atomic E-state index is 13.8. The molecule has 4 rings (SSSR count). The number of allylic oxidation sites excluding steroid dienone is 2. The maximum atomic E-state index is 13.8. The first-order valence-corrected chi connectivity index (χ1v) is 10.9. The number of aromatic nitrogens is 4. The van der Waals surface area contributed by atoms with Crippen LogP contribution in [0, 0.1) is 5.92 Å². The molecule has 0 fully saturated rings. The Morgan fingerprint density at radius 2 is 1.94 bits per heavy atom. The molecule has 2 bridgehead atoms. The van der Waals surface area contributed by atoms with Crippen molar-refractivity contribution in [2.24, 2.45) is 5.92 Å². The molecular formula is C24H27N5O3. The van der Waals surface area contributed by atoms with Gasteiger partial charge >= 0.3 is 5.97 Å². The van der Waals surface area contributed by atoms with Gasteiger partial charge in [0.05, 0.1) is 0 Å². The molecular weight excluding hydrogens is 406 g/mol. The molecule has 166 valence electrons. The Morgan fingerprint density at radius 3 is 2.53 bits per heavy atom. The van der Waals surface area contributed by atoms with Crippen molar-refractivity contribution < 1.29 is 14.7 Å². The van der Waals surface area contributed by atoms with Crippen LogP contribution in [0.2, 0.25) is 0 Å². The number of carbonyl (C=O) groups is 2. The Morgan fingerprint density at radius 1 is 1.19 bits per heavy atom. The van der Waals surface area contributed by atoms with Gasteiger partial charge < -0.3 is 5.11 Å². The molecule has 2 aliphatic rings. The molecule has 0 amide bonds. The molecule has 0 radical (unpaired) electrons. The van der Waals surface area contributed by atoms with E-state index in [2.05, 4.69) is 25.9 Å². The minimum Gasteiger partial charge on any atom is -0.480 e. The Bertz CT molecular complexity index is 1120. The summed E-state index contributed by atoms with van der Waals surface area (Å²) in [5.74, 6) is -0.852. The zero-order chi connectivity index (χ0) is 22.9. The number of hydrogen-bond acceptors (Lipinski definition) is 6. The second-order valence-electron chi connectivity index (χ2n) is 8.49. The average Bonchev–Trinajstić information content (AvgIpc) is 3.32. The SMILES string of the molecule is CCCCC(=O)[C@]1(N[C@H](C(=O)O)C(C)C)c2ccc(-c3ccccc3)c1c2-c1nn[nH]n1. The third-order valence-corrected chi connectivity index (χ3v) is 6.12. The van der Waals surface area contributed by atoms with Crippen molar-refractivity contribution in [1.82, 2.24) is 25.9 Å². The molecule has 1 heterocycles. The van der Waals surface area contributed by atoms with Crippen LogP contribution < -0.4 is 5.32 Å². The molecule has 0 unspecified atom stereocenters. The fraction of sp³-hybridized carbons (Fsp3) is 0.375. The highest BCUT2D eigenvalue weighted by molar-refractivity contribution is 6.19. The zero-order valence-corrected chi connectivity index (χ0v) is 18.4. The van der Waals surface area contributed by atoms with Crippen LogP contribution in [0.25, 0.3) is 11.1 Å². The van der Waals surface area contributed by atoms with Crippen molar-refractivity contribution >= 4 is 22.9 Å². The van der Waals surface area contributed by atoms with E-state index in [4.69, 9.17) is 0 Å². The lowest BCUT2D eigenvalue weighted by molar-refractivity contribution is -0.141. The van der Waals surface area contributed by atoms with Gasteiger partial charge in [-0.05, 0) is 34.3 Å². The molecule has 8 nitrogen and oxygen atoms in total.